The van der Waals surface area contributed by atoms with Gasteiger partial charge in [0.25, 0.3) is 0 Å². The first kappa shape index (κ1) is 39.2. The third-order valence-corrected chi connectivity index (χ3v) is 10.4. The highest BCUT2D eigenvalue weighted by Gasteiger charge is 2.47. The predicted molar refractivity (Wildman–Crippen MR) is 183 cm³/mol. The van der Waals surface area contributed by atoms with E-state index in [1.807, 2.05) is 59.9 Å². The Balaban J connectivity index is 1.73. The first-order valence-electron chi connectivity index (χ1n) is 17.8. The van der Waals surface area contributed by atoms with Gasteiger partial charge in [0.2, 0.25) is 0 Å². The van der Waals surface area contributed by atoms with Crippen LogP contribution in [0.15, 0.2) is 36.0 Å². The topological polar surface area (TPSA) is 141 Å². The molecule has 0 aromatic carbocycles. The van der Waals surface area contributed by atoms with Gasteiger partial charge in [-0.2, -0.15) is 0 Å². The second-order valence-electron chi connectivity index (χ2n) is 14.6. The van der Waals surface area contributed by atoms with Crippen molar-refractivity contribution in [1.29, 1.82) is 0 Å². The van der Waals surface area contributed by atoms with Crippen LogP contribution in [0.2, 0.25) is 0 Å². The molecule has 4 N–H and O–H groups in total. The monoisotopic (exact) mass is 662 g/mol. The van der Waals surface area contributed by atoms with Gasteiger partial charge in [-0.1, -0.05) is 64.8 Å². The zero-order valence-corrected chi connectivity index (χ0v) is 29.9. The van der Waals surface area contributed by atoms with Gasteiger partial charge < -0.3 is 39.7 Å². The highest BCUT2D eigenvalue weighted by molar-refractivity contribution is 5.70. The van der Waals surface area contributed by atoms with Gasteiger partial charge in [0.05, 0.1) is 36.4 Å². The standard InChI is InChI=1S/C37H62N2O8/c1-9-30(41)26(5)35-32(45-35)22-37(6,44)20-12-13-24(3)34-25(4)17-19-31(23(2)16-18-27(40)21-33(42)47-34)46-36(43)39(8)29-15-11-10-14-28(29)38-7/h12-13,17,19-20,23,25-32,34-35,38,40-41,44H,9-11,14-16,18,21-22H2,1-8H3. The van der Waals surface area contributed by atoms with Crippen molar-refractivity contribution >= 4 is 12.1 Å². The maximum Gasteiger partial charge on any atom is 0.410 e. The van der Waals surface area contributed by atoms with Crippen molar-refractivity contribution < 1.29 is 39.1 Å². The fourth-order valence-electron chi connectivity index (χ4n) is 7.05. The number of aliphatic hydroxyl groups excluding tert-OH is 2. The number of carbonyl (C=O) groups is 2. The summed E-state index contributed by atoms with van der Waals surface area (Å²) in [6.45, 7) is 11.4. The molecule has 2 fully saturated rings. The molecule has 0 aromatic rings. The van der Waals surface area contributed by atoms with Gasteiger partial charge in [0, 0.05) is 37.4 Å². The lowest BCUT2D eigenvalue weighted by molar-refractivity contribution is -0.151. The lowest BCUT2D eigenvalue weighted by atomic mass is 9.89. The molecule has 3 rings (SSSR count). The molecule has 1 saturated heterocycles. The number of nitrogens with one attached hydrogen (secondary N) is 1. The third-order valence-electron chi connectivity index (χ3n) is 10.4. The average molecular weight is 663 g/mol. The molecular formula is C37H62N2O8. The Hall–Kier alpha value is -2.24. The van der Waals surface area contributed by atoms with Gasteiger partial charge in [-0.15, -0.1) is 0 Å². The lowest BCUT2D eigenvalue weighted by Crippen LogP contribution is -2.52. The fourth-order valence-corrected chi connectivity index (χ4v) is 7.05. The molecule has 2 aliphatic heterocycles. The van der Waals surface area contributed by atoms with Crippen molar-refractivity contribution in [1.82, 2.24) is 10.2 Å². The minimum atomic E-state index is -1.13. The maximum absolute atomic E-state index is 13.4. The summed E-state index contributed by atoms with van der Waals surface area (Å²) in [5.74, 6) is -0.802. The molecular weight excluding hydrogens is 600 g/mol. The highest BCUT2D eigenvalue weighted by atomic mass is 16.6. The molecule has 1 saturated carbocycles. The summed E-state index contributed by atoms with van der Waals surface area (Å²) < 4.78 is 17.8. The van der Waals surface area contributed by atoms with Crippen molar-refractivity contribution in [2.75, 3.05) is 14.1 Å². The Bertz CT molecular complexity index is 1110. The van der Waals surface area contributed by atoms with Crippen LogP contribution < -0.4 is 5.32 Å². The SMILES string of the molecule is CCC(O)C(C)C1OC1CC(C)(O)C=CC=C(C)C1OC(=O)CC(O)CCC(C)C(OC(=O)N(C)C2CCCCC2NC)C=CC1C. The Labute approximate surface area is 282 Å². The Morgan fingerprint density at radius 2 is 1.91 bits per heavy atom. The maximum atomic E-state index is 13.4. The third kappa shape index (κ3) is 11.7. The number of nitrogens with zero attached hydrogens (tertiary/aromatic N) is 1. The quantitative estimate of drug-likeness (QED) is 0.103. The number of rotatable bonds is 11. The van der Waals surface area contributed by atoms with Crippen molar-refractivity contribution in [3.05, 3.63) is 36.0 Å². The normalized spacial score (nSPS) is 35.2. The van der Waals surface area contributed by atoms with E-state index in [9.17, 15) is 24.9 Å². The number of aliphatic hydroxyl groups is 3. The number of hydrogen-bond acceptors (Lipinski definition) is 9. The Morgan fingerprint density at radius 3 is 2.60 bits per heavy atom. The summed E-state index contributed by atoms with van der Waals surface area (Å²) in [5.41, 5.74) is -0.358. The highest BCUT2D eigenvalue weighted by Crippen LogP contribution is 2.37. The van der Waals surface area contributed by atoms with Crippen LogP contribution >= 0.6 is 0 Å². The summed E-state index contributed by atoms with van der Waals surface area (Å²) in [6, 6.07) is 0.292. The van der Waals surface area contributed by atoms with Crippen molar-refractivity contribution in [2.24, 2.45) is 17.8 Å². The molecule has 0 radical (unpaired) electrons. The molecule has 3 aliphatic rings. The molecule has 10 nitrogen and oxygen atoms in total. The molecule has 47 heavy (non-hydrogen) atoms. The van der Waals surface area contributed by atoms with Gasteiger partial charge in [0.15, 0.2) is 0 Å². The van der Waals surface area contributed by atoms with Crippen LogP contribution in [0.3, 0.4) is 0 Å². The van der Waals surface area contributed by atoms with E-state index in [4.69, 9.17) is 14.2 Å². The molecule has 12 unspecified atom stereocenters. The van der Waals surface area contributed by atoms with Crippen LogP contribution in [-0.2, 0) is 19.0 Å². The molecule has 268 valence electrons. The van der Waals surface area contributed by atoms with Crippen LogP contribution in [0.5, 0.6) is 0 Å². The van der Waals surface area contributed by atoms with Crippen LogP contribution in [-0.4, -0.2) is 101 Å². The van der Waals surface area contributed by atoms with Gasteiger partial charge in [-0.05, 0) is 70.6 Å². The summed E-state index contributed by atoms with van der Waals surface area (Å²) in [5, 5.41) is 35.2. The van der Waals surface area contributed by atoms with Crippen LogP contribution in [0.1, 0.15) is 99.3 Å². The molecule has 1 aliphatic carbocycles. The zero-order chi connectivity index (χ0) is 34.9. The van der Waals surface area contributed by atoms with Crippen molar-refractivity contribution in [3.8, 4) is 0 Å². The number of allylic oxidation sites excluding steroid dienone is 2. The fraction of sp³-hybridized carbons (Fsp3) is 0.784. The van der Waals surface area contributed by atoms with E-state index in [0.29, 0.717) is 25.7 Å². The molecule has 0 bridgehead atoms. The summed E-state index contributed by atoms with van der Waals surface area (Å²) in [6.07, 6.45) is 12.2. The Kier molecular flexibility index (Phi) is 15.0. The van der Waals surface area contributed by atoms with Gasteiger partial charge in [-0.3, -0.25) is 4.79 Å². The van der Waals surface area contributed by atoms with E-state index >= 15 is 0 Å². The number of esters is 1. The molecule has 10 heteroatoms. The van der Waals surface area contributed by atoms with Crippen LogP contribution in [0.4, 0.5) is 4.79 Å². The molecule has 2 heterocycles. The second kappa shape index (κ2) is 18.0. The lowest BCUT2D eigenvalue weighted by Gasteiger charge is -2.38. The van der Waals surface area contributed by atoms with E-state index in [0.717, 1.165) is 31.3 Å². The van der Waals surface area contributed by atoms with Crippen LogP contribution in [0.25, 0.3) is 0 Å². The van der Waals surface area contributed by atoms with E-state index in [2.05, 4.69) is 5.32 Å². The minimum absolute atomic E-state index is 0.00498. The van der Waals surface area contributed by atoms with Crippen molar-refractivity contribution in [3.63, 3.8) is 0 Å². The van der Waals surface area contributed by atoms with Crippen molar-refractivity contribution in [2.45, 2.75) is 154 Å². The van der Waals surface area contributed by atoms with E-state index in [1.54, 1.807) is 31.0 Å². The van der Waals surface area contributed by atoms with Gasteiger partial charge in [0.1, 0.15) is 12.2 Å². The van der Waals surface area contributed by atoms with Crippen LogP contribution in [0, 0.1) is 17.8 Å². The van der Waals surface area contributed by atoms with E-state index in [1.165, 1.54) is 0 Å². The number of hydrogen-bond donors (Lipinski definition) is 4. The minimum Gasteiger partial charge on any atom is -0.457 e. The molecule has 12 atom stereocenters. The Morgan fingerprint density at radius 1 is 1.21 bits per heavy atom. The predicted octanol–water partition coefficient (Wildman–Crippen LogP) is 5.06. The molecule has 0 spiro atoms. The van der Waals surface area contributed by atoms with Gasteiger partial charge >= 0.3 is 12.1 Å². The largest absolute Gasteiger partial charge is 0.457 e. The van der Waals surface area contributed by atoms with E-state index in [-0.39, 0.29) is 54.6 Å². The number of ether oxygens (including phenoxy) is 3. The number of epoxide rings is 1. The number of cyclic esters (lactones) is 1. The molecule has 0 aromatic heterocycles. The zero-order valence-electron chi connectivity index (χ0n) is 29.9. The average Bonchev–Trinajstić information content (AvgIpc) is 3.80. The number of carbonyl (C=O) groups excluding carboxylic acids is 2. The molecule has 1 amide bonds. The summed E-state index contributed by atoms with van der Waals surface area (Å²) in [4.78, 5) is 28.0. The number of amides is 1. The smallest absolute Gasteiger partial charge is 0.410 e. The first-order chi connectivity index (χ1) is 22.2. The number of likely N-dealkylation sites (N-methyl/N-ethyl adjacent to an activating group) is 2. The summed E-state index contributed by atoms with van der Waals surface area (Å²) >= 11 is 0. The first-order valence-corrected chi connectivity index (χ1v) is 17.8. The van der Waals surface area contributed by atoms with Gasteiger partial charge in [-0.25, -0.2) is 4.79 Å². The van der Waals surface area contributed by atoms with E-state index < -0.39 is 36.0 Å². The second-order valence-corrected chi connectivity index (χ2v) is 14.6. The summed E-state index contributed by atoms with van der Waals surface area (Å²) in [7, 11) is 3.74.